The van der Waals surface area contributed by atoms with E-state index in [2.05, 4.69) is 31.9 Å². The third kappa shape index (κ3) is 38.0. The summed E-state index contributed by atoms with van der Waals surface area (Å²) in [5, 5.41) is 11.3. The Bertz CT molecular complexity index is 2710. The van der Waals surface area contributed by atoms with Crippen LogP contribution in [0.25, 0.3) is 0 Å². The van der Waals surface area contributed by atoms with Crippen LogP contribution in [0, 0.1) is 0 Å². The molecule has 1 N–H and O–H groups in total. The molecule has 18 nitrogen and oxygen atoms in total. The largest absolute Gasteiger partial charge is 0.537 e. The Morgan fingerprint density at radius 3 is 1.09 bits per heavy atom. The normalized spacial score (nSPS) is 11.7. The number of aryl methyl sites for hydroxylation is 2. The highest BCUT2D eigenvalue weighted by Gasteiger charge is 2.45. The molecule has 558 valence electrons. The summed E-state index contributed by atoms with van der Waals surface area (Å²) in [6, 6.07) is 41.3. The first-order valence-corrected chi connectivity index (χ1v) is 46.6. The van der Waals surface area contributed by atoms with Crippen LogP contribution in [-0.2, 0) is 76.7 Å². The highest BCUT2D eigenvalue weighted by Crippen LogP contribution is 2.25. The molecule has 99 heavy (non-hydrogen) atoms. The molecule has 0 radical (unpaired) electrons. The van der Waals surface area contributed by atoms with Crippen LogP contribution in [0.15, 0.2) is 159 Å². The van der Waals surface area contributed by atoms with Gasteiger partial charge in [-0.1, -0.05) is 105 Å². The van der Waals surface area contributed by atoms with Gasteiger partial charge in [-0.2, -0.15) is 22.2 Å². The first-order chi connectivity index (χ1) is 47.9. The maximum Gasteiger partial charge on any atom is 0.537 e. The van der Waals surface area contributed by atoms with Gasteiger partial charge in [-0.05, 0) is 200 Å². The van der Waals surface area contributed by atoms with Crippen molar-refractivity contribution in [2.24, 2.45) is 0 Å². The summed E-state index contributed by atoms with van der Waals surface area (Å²) < 4.78 is 97.9. The van der Waals surface area contributed by atoms with Crippen molar-refractivity contribution in [3.63, 3.8) is 0 Å². The summed E-state index contributed by atoms with van der Waals surface area (Å²) in [5.74, 6) is 3.61. The maximum atomic E-state index is 9.42. The Balaban J connectivity index is 0.000000625. The number of halogens is 2. The van der Waals surface area contributed by atoms with Gasteiger partial charge in [-0.15, -0.1) is 0 Å². The van der Waals surface area contributed by atoms with E-state index in [9.17, 15) is 5.11 Å². The number of hydrogen-bond donors (Lipinski definition) is 1. The van der Waals surface area contributed by atoms with E-state index in [4.69, 9.17) is 99.0 Å². The second-order valence-electron chi connectivity index (χ2n) is 20.9. The van der Waals surface area contributed by atoms with Crippen molar-refractivity contribution < 1.29 is 81.9 Å². The molecule has 0 bridgehead atoms. The first-order valence-electron chi connectivity index (χ1n) is 35.0. The fourth-order valence-corrected chi connectivity index (χ4v) is 21.2. The lowest BCUT2D eigenvalue weighted by atomic mass is 10.1. The highest BCUT2D eigenvalue weighted by atomic mass is 35.7. The van der Waals surface area contributed by atoms with Crippen molar-refractivity contribution in [1.82, 2.24) is 0 Å². The molecular weight excluding hydrogens is 1390 g/mol. The van der Waals surface area contributed by atoms with Crippen molar-refractivity contribution >= 4 is 75.2 Å². The molecule has 0 saturated carbocycles. The van der Waals surface area contributed by atoms with E-state index < -0.39 is 42.6 Å². The van der Waals surface area contributed by atoms with Crippen LogP contribution in [-0.4, -0.2) is 160 Å². The summed E-state index contributed by atoms with van der Waals surface area (Å²) >= 11 is 11.5. The number of phenolic OH excluding ortho intramolecular Hbond substituents is 1. The Morgan fingerprint density at radius 2 is 0.747 bits per heavy atom. The van der Waals surface area contributed by atoms with E-state index in [1.54, 1.807) is 24.3 Å². The molecule has 5 aromatic carbocycles. The second-order valence-corrected chi connectivity index (χ2v) is 36.5. The molecule has 0 aromatic heterocycles. The van der Waals surface area contributed by atoms with Crippen molar-refractivity contribution in [3.8, 4) is 28.7 Å². The fraction of sp³-hybridized carbons (Fsp3) is 0.514. The zero-order chi connectivity index (χ0) is 73.5. The molecule has 1 atom stereocenters. The minimum atomic E-state index is -2.84. The number of para-hydroxylation sites is 1. The Kier molecular flexibility index (Phi) is 53.2. The minimum Gasteiger partial charge on any atom is -0.508 e. The Morgan fingerprint density at radius 1 is 0.404 bits per heavy atom. The van der Waals surface area contributed by atoms with Gasteiger partial charge in [-0.25, -0.2) is 0 Å². The molecule has 0 aliphatic rings. The molecular formula is C74H120Cl2O18Si5. The lowest BCUT2D eigenvalue weighted by molar-refractivity contribution is -0.0613. The summed E-state index contributed by atoms with van der Waals surface area (Å²) in [6.45, 7) is 47.4. The zero-order valence-electron chi connectivity index (χ0n) is 62.0. The van der Waals surface area contributed by atoms with Crippen LogP contribution < -0.4 is 29.3 Å². The van der Waals surface area contributed by atoms with Crippen molar-refractivity contribution in [3.05, 3.63) is 176 Å². The van der Waals surface area contributed by atoms with E-state index >= 15 is 0 Å². The van der Waals surface area contributed by atoms with Crippen LogP contribution in [0.4, 0.5) is 0 Å². The highest BCUT2D eigenvalue weighted by molar-refractivity contribution is 7.33. The van der Waals surface area contributed by atoms with Crippen molar-refractivity contribution in [2.45, 2.75) is 147 Å². The number of aromatic hydroxyl groups is 1. The molecule has 0 fully saturated rings. The standard InChI is InChI=1S/C18H30O4Si.C16H28O5Si.C16H26O4Si.C15H24O4Si.C9H12Cl2OSi/c1-5-15-19-18-13-11-17(12-14-18)10-9-16-23(20-6-2,21-7-3)22-8-4;1-6-17-14(5)21-15-10-12-16(13-11-15)22(18-7-2,19-8-3)20-9-4;1-5-13-17-16-11-9-15(10-12-16)14-21(18-6-2,19-7-3)20-8-4;1-5-13-16-14-9-11-15(12-10-14)20(17-6-2,18-7-3)19-8-4;10-13(11)7-3-5-8-4-1-2-6-9(8)12/h5,11-14H,1,6-10,15-16H2,2-4H3;10-14H,6-9H2,1-5H3;5,9-12H,1,6-8,13-14H2,2-4H3;5,9-12H,1,6-8,13H2,2-4H3;1-2,4,6,12-13H,3,5,7H2. The summed E-state index contributed by atoms with van der Waals surface area (Å²) in [6.07, 6.45) is 8.69. The van der Waals surface area contributed by atoms with E-state index in [-0.39, 0.29) is 6.29 Å². The molecule has 5 rings (SSSR count). The van der Waals surface area contributed by atoms with Crippen LogP contribution in [0.3, 0.4) is 0 Å². The number of benzene rings is 5. The van der Waals surface area contributed by atoms with Gasteiger partial charge < -0.3 is 81.9 Å². The average molecular weight is 1510 g/mol. The SMILES string of the molecule is C=CCOc1ccc(CCC[Si](OCC)(OCC)OCC)cc1.C=CCOc1ccc(C[Si](OCC)(OCC)OCC)cc1.C=CCOc1ccc([Si](OCC)(OCC)OCC)cc1.CCOC(C)Oc1ccc([Si](OCC)(OCC)OCC)cc1.Oc1ccccc1CCC[SiH](Cl)Cl. The van der Waals surface area contributed by atoms with Gasteiger partial charge in [0.1, 0.15) is 48.6 Å². The third-order valence-corrected chi connectivity index (χ3v) is 27.9. The van der Waals surface area contributed by atoms with Gasteiger partial charge in [-0.3, -0.25) is 0 Å². The lowest BCUT2D eigenvalue weighted by Crippen LogP contribution is -2.56. The summed E-state index contributed by atoms with van der Waals surface area (Å²) in [5.41, 5.74) is 3.39. The number of hydrogen-bond acceptors (Lipinski definition) is 18. The molecule has 0 spiro atoms. The monoisotopic (exact) mass is 1510 g/mol. The van der Waals surface area contributed by atoms with Gasteiger partial charge in [0.15, 0.2) is 6.29 Å². The maximum absolute atomic E-state index is 9.42. The minimum absolute atomic E-state index is 0.275. The lowest BCUT2D eigenvalue weighted by Gasteiger charge is -2.28. The van der Waals surface area contributed by atoms with E-state index in [0.717, 1.165) is 82.3 Å². The second kappa shape index (κ2) is 56.9. The van der Waals surface area contributed by atoms with Crippen molar-refractivity contribution in [1.29, 1.82) is 0 Å². The quantitative estimate of drug-likeness (QED) is 0.0168. The predicted octanol–water partition coefficient (Wildman–Crippen LogP) is 15.8. The van der Waals surface area contributed by atoms with Crippen LogP contribution in [0.2, 0.25) is 12.1 Å². The number of rotatable bonds is 49. The predicted molar refractivity (Wildman–Crippen MR) is 413 cm³/mol. The van der Waals surface area contributed by atoms with E-state index in [1.165, 1.54) is 5.56 Å². The van der Waals surface area contributed by atoms with Gasteiger partial charge in [0.05, 0.1) is 0 Å². The van der Waals surface area contributed by atoms with Crippen LogP contribution in [0.5, 0.6) is 28.7 Å². The molecule has 0 aliphatic carbocycles. The molecule has 0 amide bonds. The summed E-state index contributed by atoms with van der Waals surface area (Å²) in [7, 11) is -12.3. The Hall–Kier alpha value is -4.54. The fourth-order valence-electron chi connectivity index (χ4n) is 9.63. The van der Waals surface area contributed by atoms with Crippen LogP contribution >= 0.6 is 22.2 Å². The average Bonchev–Trinajstić information content (AvgIpc) is 0.824. The van der Waals surface area contributed by atoms with E-state index in [0.29, 0.717) is 118 Å². The third-order valence-electron chi connectivity index (χ3n) is 13.5. The Labute approximate surface area is 610 Å². The molecule has 25 heteroatoms. The zero-order valence-corrected chi connectivity index (χ0v) is 68.6. The molecule has 5 aromatic rings. The molecule has 0 saturated heterocycles. The van der Waals surface area contributed by atoms with Gasteiger partial charge in [0.2, 0.25) is 7.42 Å². The smallest absolute Gasteiger partial charge is 0.508 e. The number of phenols is 1. The van der Waals surface area contributed by atoms with Crippen LogP contribution in [0.1, 0.15) is 126 Å². The first kappa shape index (κ1) is 92.5. The molecule has 1 unspecified atom stereocenters. The summed E-state index contributed by atoms with van der Waals surface area (Å²) in [4.78, 5) is 0. The van der Waals surface area contributed by atoms with Gasteiger partial charge >= 0.3 is 35.2 Å². The van der Waals surface area contributed by atoms with Crippen molar-refractivity contribution in [2.75, 3.05) is 106 Å². The molecule has 0 aliphatic heterocycles. The van der Waals surface area contributed by atoms with Gasteiger partial charge in [0.25, 0.3) is 0 Å². The molecule has 0 heterocycles. The van der Waals surface area contributed by atoms with E-state index in [1.807, 2.05) is 200 Å². The number of ether oxygens (including phenoxy) is 5. The topological polar surface area (TPSA) is 177 Å². The van der Waals surface area contributed by atoms with Gasteiger partial charge in [0, 0.05) is 108 Å².